The Morgan fingerprint density at radius 2 is 2.00 bits per heavy atom. The second kappa shape index (κ2) is 4.15. The van der Waals surface area contributed by atoms with Crippen LogP contribution in [-0.4, -0.2) is 4.98 Å². The molecule has 1 nitrogen and oxygen atoms in total. The summed E-state index contributed by atoms with van der Waals surface area (Å²) in [6.45, 7) is 4.22. The van der Waals surface area contributed by atoms with E-state index in [1.165, 1.54) is 5.56 Å². The lowest BCUT2D eigenvalue weighted by molar-refractivity contribution is 0.883. The topological polar surface area (TPSA) is 12.9 Å². The zero-order valence-corrected chi connectivity index (χ0v) is 9.90. The van der Waals surface area contributed by atoms with Crippen LogP contribution in [0.3, 0.4) is 0 Å². The van der Waals surface area contributed by atoms with Gasteiger partial charge >= 0.3 is 0 Å². The first-order valence-corrected chi connectivity index (χ1v) is 5.70. The lowest BCUT2D eigenvalue weighted by atomic mass is 10.1. The Morgan fingerprint density at radius 1 is 1.27 bits per heavy atom. The molecular weight excluding hydrogens is 202 g/mol. The van der Waals surface area contributed by atoms with Gasteiger partial charge in [0, 0.05) is 5.69 Å². The third-order valence-electron chi connectivity index (χ3n) is 2.65. The molecule has 1 aromatic heterocycles. The molecule has 2 rings (SSSR count). The van der Waals surface area contributed by atoms with Gasteiger partial charge in [0.2, 0.25) is 0 Å². The van der Waals surface area contributed by atoms with Gasteiger partial charge in [0.25, 0.3) is 0 Å². The first-order valence-electron chi connectivity index (χ1n) is 5.29. The first kappa shape index (κ1) is 10.4. The molecule has 0 bridgehead atoms. The summed E-state index contributed by atoms with van der Waals surface area (Å²) >= 11 is 5.51. The van der Waals surface area contributed by atoms with Crippen molar-refractivity contribution in [1.29, 1.82) is 0 Å². The summed E-state index contributed by atoms with van der Waals surface area (Å²) in [5, 5.41) is 1.11. The lowest BCUT2D eigenvalue weighted by Crippen LogP contribution is -1.97. The maximum absolute atomic E-state index is 5.51. The van der Waals surface area contributed by atoms with Gasteiger partial charge in [-0.25, -0.2) is 0 Å². The molecule has 0 aliphatic rings. The van der Waals surface area contributed by atoms with E-state index < -0.39 is 0 Å². The lowest BCUT2D eigenvalue weighted by Gasteiger charge is -2.18. The van der Waals surface area contributed by atoms with E-state index in [-0.39, 0.29) is 0 Å². The third kappa shape index (κ3) is 1.82. The number of aromatic nitrogens is 1. The van der Waals surface area contributed by atoms with E-state index >= 15 is 0 Å². The van der Waals surface area contributed by atoms with E-state index in [9.17, 15) is 0 Å². The number of nitrogens with zero attached hydrogens (tertiary/aromatic N) is 1. The molecular formula is C13H14NS-. The van der Waals surface area contributed by atoms with Gasteiger partial charge in [-0.3, -0.25) is 4.98 Å². The van der Waals surface area contributed by atoms with E-state index in [0.717, 1.165) is 34.3 Å². The number of fused-ring (bicyclic) bond motifs is 1. The van der Waals surface area contributed by atoms with Gasteiger partial charge in [0.15, 0.2) is 0 Å². The summed E-state index contributed by atoms with van der Waals surface area (Å²) in [6.07, 6.45) is 2.15. The smallest absolute Gasteiger partial charge is 0.0690 e. The number of hydrogen-bond acceptors (Lipinski definition) is 2. The zero-order chi connectivity index (χ0) is 10.8. The second-order valence-corrected chi connectivity index (χ2v) is 4.18. The summed E-state index contributed by atoms with van der Waals surface area (Å²) < 4.78 is 0. The maximum atomic E-state index is 5.51. The monoisotopic (exact) mass is 216 g/mol. The molecule has 0 atom stereocenters. The summed E-state index contributed by atoms with van der Waals surface area (Å²) in [7, 11) is 0. The molecule has 0 amide bonds. The number of hydrogen-bond donors (Lipinski definition) is 0. The Labute approximate surface area is 95.9 Å². The van der Waals surface area contributed by atoms with E-state index in [0.29, 0.717) is 0 Å². The highest BCUT2D eigenvalue weighted by Crippen LogP contribution is 2.23. The molecule has 0 aliphatic heterocycles. The molecule has 78 valence electrons. The third-order valence-corrected chi connectivity index (χ3v) is 3.11. The average molecular weight is 216 g/mol. The molecule has 1 aromatic carbocycles. The first-order chi connectivity index (χ1) is 7.24. The largest absolute Gasteiger partial charge is 0.779 e. The van der Waals surface area contributed by atoms with E-state index in [4.69, 9.17) is 12.6 Å². The van der Waals surface area contributed by atoms with Gasteiger partial charge in [-0.05, 0) is 30.4 Å². The van der Waals surface area contributed by atoms with Gasteiger partial charge < -0.3 is 12.6 Å². The van der Waals surface area contributed by atoms with Gasteiger partial charge in [-0.1, -0.05) is 31.5 Å². The van der Waals surface area contributed by atoms with Crippen LogP contribution in [0.1, 0.15) is 24.6 Å². The molecule has 0 spiro atoms. The molecule has 2 heteroatoms. The van der Waals surface area contributed by atoms with Crippen LogP contribution in [0.25, 0.3) is 10.9 Å². The minimum atomic E-state index is 0.986. The number of pyridine rings is 1. The Morgan fingerprint density at radius 3 is 2.73 bits per heavy atom. The Bertz CT molecular complexity index is 491. The Balaban J connectivity index is 2.72. The van der Waals surface area contributed by atoms with Gasteiger partial charge in [0.1, 0.15) is 0 Å². The van der Waals surface area contributed by atoms with Crippen LogP contribution in [0.2, 0.25) is 0 Å². The van der Waals surface area contributed by atoms with Crippen molar-refractivity contribution in [2.24, 2.45) is 0 Å². The number of benzene rings is 1. The van der Waals surface area contributed by atoms with Crippen LogP contribution < -0.4 is 0 Å². The minimum absolute atomic E-state index is 0.986. The Hall–Kier alpha value is -1.15. The summed E-state index contributed by atoms with van der Waals surface area (Å²) in [5.41, 5.74) is 3.34. The molecule has 2 aromatic rings. The highest BCUT2D eigenvalue weighted by atomic mass is 32.1. The number of aryl methyl sites for hydroxylation is 1. The van der Waals surface area contributed by atoms with E-state index in [2.05, 4.69) is 18.0 Å². The van der Waals surface area contributed by atoms with Crippen molar-refractivity contribution in [2.45, 2.75) is 31.6 Å². The predicted molar refractivity (Wildman–Crippen MR) is 66.1 cm³/mol. The number of rotatable bonds is 2. The van der Waals surface area contributed by atoms with Gasteiger partial charge in [0.05, 0.1) is 5.52 Å². The van der Waals surface area contributed by atoms with E-state index in [1.54, 1.807) is 0 Å². The molecule has 0 N–H and O–H groups in total. The van der Waals surface area contributed by atoms with Crippen LogP contribution in [0.4, 0.5) is 0 Å². The van der Waals surface area contributed by atoms with Crippen LogP contribution in [0.5, 0.6) is 0 Å². The van der Waals surface area contributed by atoms with Crippen LogP contribution in [-0.2, 0) is 19.0 Å². The van der Waals surface area contributed by atoms with Crippen LogP contribution in [0.15, 0.2) is 29.2 Å². The molecule has 0 aliphatic carbocycles. The molecule has 0 radical (unpaired) electrons. The van der Waals surface area contributed by atoms with Crippen LogP contribution >= 0.6 is 0 Å². The summed E-state index contributed by atoms with van der Waals surface area (Å²) in [5.74, 6) is 0. The molecule has 0 saturated carbocycles. The van der Waals surface area contributed by atoms with Crippen LogP contribution in [0, 0.1) is 6.92 Å². The zero-order valence-electron chi connectivity index (χ0n) is 9.08. The van der Waals surface area contributed by atoms with Gasteiger partial charge in [-0.2, -0.15) is 4.90 Å². The van der Waals surface area contributed by atoms with Crippen molar-refractivity contribution in [1.82, 2.24) is 4.98 Å². The highest BCUT2D eigenvalue weighted by Gasteiger charge is 2.03. The average Bonchev–Trinajstić information content (AvgIpc) is 2.24. The van der Waals surface area contributed by atoms with Crippen molar-refractivity contribution in [3.8, 4) is 0 Å². The fourth-order valence-electron chi connectivity index (χ4n) is 1.88. The predicted octanol–water partition coefficient (Wildman–Crippen LogP) is 3.40. The van der Waals surface area contributed by atoms with Crippen molar-refractivity contribution in [3.05, 3.63) is 35.5 Å². The molecule has 0 fully saturated rings. The quantitative estimate of drug-likeness (QED) is 0.714. The summed E-state index contributed by atoms with van der Waals surface area (Å²) in [6, 6.07) is 8.10. The van der Waals surface area contributed by atoms with Gasteiger partial charge in [-0.15, -0.1) is 0 Å². The normalized spacial score (nSPS) is 10.8. The Kier molecular flexibility index (Phi) is 2.87. The maximum Gasteiger partial charge on any atom is 0.0690 e. The van der Waals surface area contributed by atoms with Crippen molar-refractivity contribution in [2.75, 3.05) is 0 Å². The fourth-order valence-corrected chi connectivity index (χ4v) is 2.30. The highest BCUT2D eigenvalue weighted by molar-refractivity contribution is 7.59. The molecule has 15 heavy (non-hydrogen) atoms. The molecule has 0 unspecified atom stereocenters. The molecule has 1 heterocycles. The standard InChI is InChI=1S/C13H15NS/c1-3-6-10-9(2)14-12-8-5-4-7-11(12)13(10)15/h4-5,7-8H,3,6H2,1-2H3,(H,14,15)/p-1. The SMILES string of the molecule is CCCc1c(C)nc2ccccc2c1[S-]. The van der Waals surface area contributed by atoms with E-state index in [1.807, 2.05) is 25.1 Å². The number of para-hydroxylation sites is 1. The minimum Gasteiger partial charge on any atom is -0.779 e. The van der Waals surface area contributed by atoms with Crippen molar-refractivity contribution >= 4 is 23.5 Å². The van der Waals surface area contributed by atoms with Crippen molar-refractivity contribution in [3.63, 3.8) is 0 Å². The van der Waals surface area contributed by atoms with Crippen molar-refractivity contribution < 1.29 is 0 Å². The summed E-state index contributed by atoms with van der Waals surface area (Å²) in [4.78, 5) is 5.57. The fraction of sp³-hybridized carbons (Fsp3) is 0.308. The molecule has 0 saturated heterocycles. The second-order valence-electron chi connectivity index (χ2n) is 3.77.